The number of aliphatic hydroxyl groups excluding tert-OH is 1. The van der Waals surface area contributed by atoms with Crippen LogP contribution in [-0.4, -0.2) is 41.0 Å². The highest BCUT2D eigenvalue weighted by Crippen LogP contribution is 2.18. The monoisotopic (exact) mass is 481 g/mol. The molecule has 0 spiro atoms. The van der Waals surface area contributed by atoms with Gasteiger partial charge in [-0.3, -0.25) is 5.10 Å². The Labute approximate surface area is 167 Å². The van der Waals surface area contributed by atoms with Crippen LogP contribution in [0.1, 0.15) is 24.3 Å². The zero-order valence-corrected chi connectivity index (χ0v) is 16.5. The molecule has 1 heterocycles. The van der Waals surface area contributed by atoms with Crippen molar-refractivity contribution in [2.75, 3.05) is 13.1 Å². The number of hydrogen-bond donors (Lipinski definition) is 4. The molecule has 0 fully saturated rings. The van der Waals surface area contributed by atoms with Gasteiger partial charge in [0.25, 0.3) is 0 Å². The summed E-state index contributed by atoms with van der Waals surface area (Å²) in [6.07, 6.45) is 0.827. The fourth-order valence-electron chi connectivity index (χ4n) is 2.06. The van der Waals surface area contributed by atoms with Crippen LogP contribution in [0.3, 0.4) is 0 Å². The molecule has 1 aromatic heterocycles. The molecule has 0 bridgehead atoms. The summed E-state index contributed by atoms with van der Waals surface area (Å²) in [7, 11) is 0. The van der Waals surface area contributed by atoms with Crippen LogP contribution >= 0.6 is 24.0 Å². The molecule has 0 saturated carbocycles. The van der Waals surface area contributed by atoms with Crippen LogP contribution in [0.4, 0.5) is 8.78 Å². The van der Waals surface area contributed by atoms with Crippen LogP contribution in [0.2, 0.25) is 0 Å². The smallest absolute Gasteiger partial charge is 0.387 e. The predicted octanol–water partition coefficient (Wildman–Crippen LogP) is 2.42. The van der Waals surface area contributed by atoms with E-state index in [0.29, 0.717) is 24.6 Å². The molecule has 0 aliphatic carbocycles. The van der Waals surface area contributed by atoms with E-state index in [1.807, 2.05) is 13.0 Å². The third-order valence-corrected chi connectivity index (χ3v) is 3.26. The van der Waals surface area contributed by atoms with Gasteiger partial charge in [0, 0.05) is 19.3 Å². The van der Waals surface area contributed by atoms with Gasteiger partial charge in [-0.2, -0.15) is 13.9 Å². The first kappa shape index (κ1) is 22.1. The van der Waals surface area contributed by atoms with Gasteiger partial charge in [0.1, 0.15) is 5.75 Å². The van der Waals surface area contributed by atoms with E-state index in [0.717, 1.165) is 5.69 Å². The van der Waals surface area contributed by atoms with Crippen LogP contribution < -0.4 is 15.4 Å². The lowest BCUT2D eigenvalue weighted by Crippen LogP contribution is -2.39. The number of hydrogen-bond acceptors (Lipinski definition) is 4. The normalized spacial score (nSPS) is 12.4. The Morgan fingerprint density at radius 2 is 2.00 bits per heavy atom. The molecule has 1 aromatic carbocycles. The van der Waals surface area contributed by atoms with E-state index in [2.05, 4.69) is 30.6 Å². The molecule has 26 heavy (non-hydrogen) atoms. The summed E-state index contributed by atoms with van der Waals surface area (Å²) >= 11 is 0. The average Bonchev–Trinajstić information content (AvgIpc) is 3.10. The average molecular weight is 481 g/mol. The Hall–Kier alpha value is -1.95. The minimum Gasteiger partial charge on any atom is -0.435 e. The third kappa shape index (κ3) is 7.52. The van der Waals surface area contributed by atoms with Crippen LogP contribution in [0.25, 0.3) is 0 Å². The van der Waals surface area contributed by atoms with E-state index in [-0.39, 0.29) is 36.3 Å². The molecule has 0 aliphatic heterocycles. The number of nitrogens with one attached hydrogen (secondary N) is 3. The van der Waals surface area contributed by atoms with Crippen molar-refractivity contribution in [2.24, 2.45) is 4.99 Å². The van der Waals surface area contributed by atoms with Gasteiger partial charge in [0.15, 0.2) is 5.96 Å². The van der Waals surface area contributed by atoms with Crippen molar-refractivity contribution >= 4 is 29.9 Å². The molecule has 0 saturated heterocycles. The number of benzene rings is 1. The first-order valence-corrected chi connectivity index (χ1v) is 7.81. The Kier molecular flexibility index (Phi) is 9.88. The lowest BCUT2D eigenvalue weighted by Gasteiger charge is -2.16. The zero-order chi connectivity index (χ0) is 18.1. The number of aromatic amines is 1. The van der Waals surface area contributed by atoms with E-state index in [1.165, 1.54) is 12.1 Å². The Morgan fingerprint density at radius 3 is 2.58 bits per heavy atom. The topological polar surface area (TPSA) is 94.6 Å². The standard InChI is InChI=1S/C16H21F2N5O2.HI/c1-2-19-16(20-9-12-7-8-22-23-12)21-10-14(24)11-3-5-13(6-4-11)25-15(17)18;/h3-8,14-15,24H,2,9-10H2,1H3,(H,22,23)(H2,19,20,21);1H. The maximum Gasteiger partial charge on any atom is 0.387 e. The largest absolute Gasteiger partial charge is 0.435 e. The van der Waals surface area contributed by atoms with Crippen LogP contribution in [0.5, 0.6) is 5.75 Å². The van der Waals surface area contributed by atoms with Crippen LogP contribution in [0.15, 0.2) is 41.5 Å². The lowest BCUT2D eigenvalue weighted by atomic mass is 10.1. The number of nitrogens with zero attached hydrogens (tertiary/aromatic N) is 2. The summed E-state index contributed by atoms with van der Waals surface area (Å²) in [6, 6.07) is 7.69. The number of aliphatic hydroxyl groups is 1. The van der Waals surface area contributed by atoms with Gasteiger partial charge in [0.05, 0.1) is 18.3 Å². The summed E-state index contributed by atoms with van der Waals surface area (Å²) < 4.78 is 28.5. The Balaban J connectivity index is 0.00000338. The summed E-state index contributed by atoms with van der Waals surface area (Å²) in [5, 5.41) is 23.0. The van der Waals surface area contributed by atoms with Crippen molar-refractivity contribution in [1.82, 2.24) is 20.8 Å². The van der Waals surface area contributed by atoms with Gasteiger partial charge in [0.2, 0.25) is 0 Å². The van der Waals surface area contributed by atoms with E-state index in [1.54, 1.807) is 18.3 Å². The van der Waals surface area contributed by atoms with E-state index in [4.69, 9.17) is 0 Å². The summed E-state index contributed by atoms with van der Waals surface area (Å²) in [5.41, 5.74) is 1.45. The molecule has 4 N–H and O–H groups in total. The van der Waals surface area contributed by atoms with Crippen molar-refractivity contribution in [3.63, 3.8) is 0 Å². The van der Waals surface area contributed by atoms with Crippen molar-refractivity contribution in [3.8, 4) is 5.75 Å². The van der Waals surface area contributed by atoms with Gasteiger partial charge in [-0.25, -0.2) is 4.99 Å². The number of guanidine groups is 1. The molecule has 0 amide bonds. The van der Waals surface area contributed by atoms with Crippen molar-refractivity contribution in [3.05, 3.63) is 47.8 Å². The number of rotatable bonds is 8. The van der Waals surface area contributed by atoms with Crippen molar-refractivity contribution in [1.29, 1.82) is 0 Å². The second-order valence-electron chi connectivity index (χ2n) is 5.12. The lowest BCUT2D eigenvalue weighted by molar-refractivity contribution is -0.0498. The minimum atomic E-state index is -2.87. The number of halogens is 3. The fourth-order valence-corrected chi connectivity index (χ4v) is 2.06. The second kappa shape index (κ2) is 11.6. The highest BCUT2D eigenvalue weighted by molar-refractivity contribution is 14.0. The first-order valence-electron chi connectivity index (χ1n) is 7.81. The highest BCUT2D eigenvalue weighted by Gasteiger charge is 2.10. The molecule has 2 aromatic rings. The summed E-state index contributed by atoms with van der Waals surface area (Å²) in [5.74, 6) is 0.599. The fraction of sp³-hybridized carbons (Fsp3) is 0.375. The van der Waals surface area contributed by atoms with E-state index in [9.17, 15) is 13.9 Å². The number of alkyl halides is 2. The number of aliphatic imine (C=N–C) groups is 1. The van der Waals surface area contributed by atoms with Crippen LogP contribution in [-0.2, 0) is 6.54 Å². The molecular weight excluding hydrogens is 459 g/mol. The zero-order valence-electron chi connectivity index (χ0n) is 14.2. The van der Waals surface area contributed by atoms with E-state index < -0.39 is 12.7 Å². The minimum absolute atomic E-state index is 0. The maximum atomic E-state index is 12.1. The van der Waals surface area contributed by atoms with Crippen molar-refractivity contribution < 1.29 is 18.6 Å². The molecule has 0 radical (unpaired) electrons. The van der Waals surface area contributed by atoms with E-state index >= 15 is 0 Å². The van der Waals surface area contributed by atoms with Gasteiger partial charge < -0.3 is 20.5 Å². The quantitative estimate of drug-likeness (QED) is 0.264. The number of aromatic nitrogens is 2. The highest BCUT2D eigenvalue weighted by atomic mass is 127. The van der Waals surface area contributed by atoms with Crippen LogP contribution in [0, 0.1) is 0 Å². The molecule has 7 nitrogen and oxygen atoms in total. The molecule has 1 unspecified atom stereocenters. The summed E-state index contributed by atoms with van der Waals surface area (Å²) in [6.45, 7) is 0.372. The predicted molar refractivity (Wildman–Crippen MR) is 105 cm³/mol. The molecule has 10 heteroatoms. The third-order valence-electron chi connectivity index (χ3n) is 3.26. The Morgan fingerprint density at radius 1 is 1.27 bits per heavy atom. The molecule has 2 rings (SSSR count). The SMILES string of the molecule is CCNC(=NCc1ccn[nH]1)NCC(O)c1ccc(OC(F)F)cc1.I. The van der Waals surface area contributed by atoms with Gasteiger partial charge in [-0.1, -0.05) is 12.1 Å². The van der Waals surface area contributed by atoms with Crippen molar-refractivity contribution in [2.45, 2.75) is 26.2 Å². The molecule has 0 aliphatic rings. The number of ether oxygens (including phenoxy) is 1. The molecule has 1 atom stereocenters. The first-order chi connectivity index (χ1) is 12.1. The Bertz CT molecular complexity index is 653. The molecule has 144 valence electrons. The second-order valence-corrected chi connectivity index (χ2v) is 5.12. The van der Waals surface area contributed by atoms with Gasteiger partial charge in [-0.05, 0) is 30.7 Å². The molecular formula is C16H22F2IN5O2. The van der Waals surface area contributed by atoms with Gasteiger partial charge >= 0.3 is 6.61 Å². The number of H-pyrrole nitrogens is 1. The maximum absolute atomic E-state index is 12.1. The van der Waals surface area contributed by atoms with Gasteiger partial charge in [-0.15, -0.1) is 24.0 Å². The summed E-state index contributed by atoms with van der Waals surface area (Å²) in [4.78, 5) is 4.38.